The van der Waals surface area contributed by atoms with Crippen LogP contribution in [0.5, 0.6) is 0 Å². The largest absolute Gasteiger partial charge is 0.478 e. The summed E-state index contributed by atoms with van der Waals surface area (Å²) in [6.07, 6.45) is 1.20. The molecule has 1 atom stereocenters. The van der Waals surface area contributed by atoms with Crippen molar-refractivity contribution in [1.29, 1.82) is 0 Å². The number of ketones is 1. The van der Waals surface area contributed by atoms with Crippen LogP contribution in [0.15, 0.2) is 46.8 Å². The molecular weight excluding hydrogens is 302 g/mol. The minimum atomic E-state index is -0.975. The van der Waals surface area contributed by atoms with Crippen LogP contribution < -0.4 is 5.32 Å². The van der Waals surface area contributed by atoms with Gasteiger partial charge >= 0.3 is 5.97 Å². The van der Waals surface area contributed by atoms with Crippen molar-refractivity contribution in [3.05, 3.63) is 57.9 Å². The number of aryl methyl sites for hydroxylation is 1. The number of carboxylic acids is 1. The molecule has 0 fully saturated rings. The Morgan fingerprint density at radius 2 is 1.88 bits per heavy atom. The van der Waals surface area contributed by atoms with Crippen molar-refractivity contribution in [2.75, 3.05) is 0 Å². The van der Waals surface area contributed by atoms with Gasteiger partial charge in [0.1, 0.15) is 0 Å². The number of carboxylic acid groups (broad SMARTS) is 1. The number of rotatable bonds is 2. The average Bonchev–Trinajstić information content (AvgIpc) is 2.44. The zero-order chi connectivity index (χ0) is 17.6. The number of nitrogens with one attached hydrogen (secondary N) is 1. The van der Waals surface area contributed by atoms with Gasteiger partial charge in [-0.2, -0.15) is 0 Å². The molecule has 2 aliphatic rings. The molecule has 0 amide bonds. The van der Waals surface area contributed by atoms with Gasteiger partial charge in [-0.05, 0) is 36.8 Å². The lowest BCUT2D eigenvalue weighted by Crippen LogP contribution is -2.38. The fraction of sp³-hybridized carbons (Fsp3) is 0.400. The molecule has 1 heterocycles. The lowest BCUT2D eigenvalue weighted by Gasteiger charge is -2.39. The summed E-state index contributed by atoms with van der Waals surface area (Å²) in [5.74, 6) is -1.42. The highest BCUT2D eigenvalue weighted by Crippen LogP contribution is 2.47. The number of benzene rings is 1. The van der Waals surface area contributed by atoms with Gasteiger partial charge in [0.05, 0.1) is 5.57 Å². The molecule has 0 saturated carbocycles. The standard InChI is InChI=1S/C20H23NO3/c1-11-7-5-6-8-13(11)17-16(19(23)24)12(2)21-14-9-20(3,4)10-15(22)18(14)17/h5-8,17,21H,9-10H2,1-4H3,(H,23,24). The van der Waals surface area contributed by atoms with E-state index in [9.17, 15) is 14.7 Å². The Kier molecular flexibility index (Phi) is 3.86. The first-order valence-corrected chi connectivity index (χ1v) is 8.24. The zero-order valence-corrected chi connectivity index (χ0v) is 14.6. The van der Waals surface area contributed by atoms with Gasteiger partial charge in [0.25, 0.3) is 0 Å². The quantitative estimate of drug-likeness (QED) is 0.870. The minimum absolute atomic E-state index is 0.0493. The van der Waals surface area contributed by atoms with Crippen LogP contribution in [0, 0.1) is 12.3 Å². The Morgan fingerprint density at radius 3 is 2.50 bits per heavy atom. The number of dihydropyridines is 1. The third-order valence-corrected chi connectivity index (χ3v) is 4.97. The van der Waals surface area contributed by atoms with Crippen molar-refractivity contribution < 1.29 is 14.7 Å². The lowest BCUT2D eigenvalue weighted by atomic mass is 9.68. The molecule has 1 unspecified atom stereocenters. The Labute approximate surface area is 142 Å². The fourth-order valence-electron chi connectivity index (χ4n) is 3.94. The molecule has 0 aromatic heterocycles. The van der Waals surface area contributed by atoms with Crippen LogP contribution in [-0.4, -0.2) is 16.9 Å². The summed E-state index contributed by atoms with van der Waals surface area (Å²) in [5.41, 5.74) is 4.20. The molecule has 0 saturated heterocycles. The van der Waals surface area contributed by atoms with Crippen LogP contribution in [0.25, 0.3) is 0 Å². The average molecular weight is 325 g/mol. The molecule has 4 heteroatoms. The van der Waals surface area contributed by atoms with Crippen LogP contribution in [0.2, 0.25) is 0 Å². The van der Waals surface area contributed by atoms with Gasteiger partial charge in [-0.1, -0.05) is 38.1 Å². The van der Waals surface area contributed by atoms with Crippen molar-refractivity contribution in [3.8, 4) is 0 Å². The first-order chi connectivity index (χ1) is 11.2. The van der Waals surface area contributed by atoms with Crippen molar-refractivity contribution in [3.63, 3.8) is 0 Å². The maximum Gasteiger partial charge on any atom is 0.334 e. The summed E-state index contributed by atoms with van der Waals surface area (Å²) in [4.78, 5) is 24.8. The van der Waals surface area contributed by atoms with E-state index in [0.717, 1.165) is 23.2 Å². The molecule has 1 aromatic rings. The highest BCUT2D eigenvalue weighted by atomic mass is 16.4. The zero-order valence-electron chi connectivity index (χ0n) is 14.6. The Morgan fingerprint density at radius 1 is 1.21 bits per heavy atom. The topological polar surface area (TPSA) is 66.4 Å². The van der Waals surface area contributed by atoms with E-state index in [0.29, 0.717) is 17.7 Å². The van der Waals surface area contributed by atoms with Gasteiger partial charge in [-0.15, -0.1) is 0 Å². The van der Waals surface area contributed by atoms with Crippen molar-refractivity contribution in [2.45, 2.75) is 46.5 Å². The van der Waals surface area contributed by atoms with Gasteiger partial charge < -0.3 is 10.4 Å². The lowest BCUT2D eigenvalue weighted by molar-refractivity contribution is -0.133. The van der Waals surface area contributed by atoms with Crippen LogP contribution in [0.1, 0.15) is 50.7 Å². The number of aliphatic carboxylic acids is 1. The highest BCUT2D eigenvalue weighted by Gasteiger charge is 2.42. The van der Waals surface area contributed by atoms with Crippen LogP contribution in [0.4, 0.5) is 0 Å². The van der Waals surface area contributed by atoms with Crippen molar-refractivity contribution >= 4 is 11.8 Å². The molecular formula is C20H23NO3. The van der Waals surface area contributed by atoms with E-state index < -0.39 is 11.9 Å². The molecule has 24 heavy (non-hydrogen) atoms. The molecule has 0 spiro atoms. The first-order valence-electron chi connectivity index (χ1n) is 8.24. The highest BCUT2D eigenvalue weighted by molar-refractivity contribution is 6.03. The molecule has 1 aliphatic carbocycles. The summed E-state index contributed by atoms with van der Waals surface area (Å²) in [5, 5.41) is 13.0. The Balaban J connectivity index is 2.24. The second-order valence-electron chi connectivity index (χ2n) is 7.59. The molecule has 1 aliphatic heterocycles. The second kappa shape index (κ2) is 5.62. The number of carbonyl (C=O) groups excluding carboxylic acids is 1. The summed E-state index contributed by atoms with van der Waals surface area (Å²) >= 11 is 0. The van der Waals surface area contributed by atoms with E-state index in [4.69, 9.17) is 0 Å². The predicted molar refractivity (Wildman–Crippen MR) is 92.4 cm³/mol. The first kappa shape index (κ1) is 16.5. The predicted octanol–water partition coefficient (Wildman–Crippen LogP) is 3.68. The minimum Gasteiger partial charge on any atom is -0.478 e. The molecule has 0 radical (unpaired) electrons. The molecule has 0 bridgehead atoms. The van der Waals surface area contributed by atoms with Crippen molar-refractivity contribution in [2.24, 2.45) is 5.41 Å². The van der Waals surface area contributed by atoms with E-state index in [1.165, 1.54) is 0 Å². The van der Waals surface area contributed by atoms with Gasteiger partial charge in [0, 0.05) is 29.3 Å². The van der Waals surface area contributed by atoms with Gasteiger partial charge in [-0.3, -0.25) is 4.79 Å². The van der Waals surface area contributed by atoms with E-state index in [2.05, 4.69) is 19.2 Å². The Bertz CT molecular complexity index is 799. The van der Waals surface area contributed by atoms with Crippen LogP contribution in [0.3, 0.4) is 0 Å². The molecule has 2 N–H and O–H groups in total. The third-order valence-electron chi connectivity index (χ3n) is 4.97. The number of hydrogen-bond acceptors (Lipinski definition) is 3. The van der Waals surface area contributed by atoms with E-state index in [1.807, 2.05) is 31.2 Å². The Hall–Kier alpha value is -2.36. The van der Waals surface area contributed by atoms with Gasteiger partial charge in [-0.25, -0.2) is 4.79 Å². The number of Topliss-reactive ketones (excluding diaryl/α,β-unsaturated/α-hetero) is 1. The SMILES string of the molecule is CC1=C(C(=O)O)C(c2ccccc2C)C2=C(CC(C)(C)CC2=O)N1. The maximum atomic E-state index is 12.9. The molecule has 4 nitrogen and oxygen atoms in total. The third kappa shape index (κ3) is 2.66. The van der Waals surface area contributed by atoms with E-state index in [-0.39, 0.29) is 16.8 Å². The number of allylic oxidation sites excluding steroid dienone is 3. The number of carbonyl (C=O) groups is 2. The molecule has 3 rings (SSSR count). The van der Waals surface area contributed by atoms with Crippen molar-refractivity contribution in [1.82, 2.24) is 5.32 Å². The molecule has 126 valence electrons. The summed E-state index contributed by atoms with van der Waals surface area (Å²) in [7, 11) is 0. The van der Waals surface area contributed by atoms with E-state index >= 15 is 0 Å². The normalized spacial score (nSPS) is 23.0. The van der Waals surface area contributed by atoms with Gasteiger partial charge in [0.15, 0.2) is 5.78 Å². The van der Waals surface area contributed by atoms with Crippen LogP contribution in [-0.2, 0) is 9.59 Å². The smallest absolute Gasteiger partial charge is 0.334 e. The monoisotopic (exact) mass is 325 g/mol. The second-order valence-corrected chi connectivity index (χ2v) is 7.59. The number of hydrogen-bond donors (Lipinski definition) is 2. The fourth-order valence-corrected chi connectivity index (χ4v) is 3.94. The van der Waals surface area contributed by atoms with Gasteiger partial charge in [0.2, 0.25) is 0 Å². The summed E-state index contributed by atoms with van der Waals surface area (Å²) in [6.45, 7) is 7.89. The summed E-state index contributed by atoms with van der Waals surface area (Å²) < 4.78 is 0. The van der Waals surface area contributed by atoms with Crippen LogP contribution >= 0.6 is 0 Å². The maximum absolute atomic E-state index is 12.9. The van der Waals surface area contributed by atoms with E-state index in [1.54, 1.807) is 6.92 Å². The molecule has 1 aromatic carbocycles. The summed E-state index contributed by atoms with van der Waals surface area (Å²) in [6, 6.07) is 7.72.